The lowest BCUT2D eigenvalue weighted by Gasteiger charge is -2.29. The third kappa shape index (κ3) is 14.3. The van der Waals surface area contributed by atoms with E-state index in [2.05, 4.69) is 21.0 Å². The highest BCUT2D eigenvalue weighted by Crippen LogP contribution is 2.12. The van der Waals surface area contributed by atoms with Crippen LogP contribution >= 0.6 is 17.0 Å². The van der Waals surface area contributed by atoms with E-state index in [1.165, 1.54) is 70.8 Å². The second-order valence-electron chi connectivity index (χ2n) is 7.73. The molecule has 0 N–H and O–H groups in total. The van der Waals surface area contributed by atoms with E-state index < -0.39 is 0 Å². The molecule has 0 bridgehead atoms. The normalized spacial score (nSPS) is 11.2. The molecule has 0 unspecified atom stereocenters. The molecule has 1 aromatic carbocycles. The number of para-hydroxylation sites is 1. The van der Waals surface area contributed by atoms with Crippen molar-refractivity contribution in [3.8, 4) is 5.75 Å². The van der Waals surface area contributed by atoms with Gasteiger partial charge in [-0.3, -0.25) is 0 Å². The zero-order valence-electron chi connectivity index (χ0n) is 16.8. The third-order valence-electron chi connectivity index (χ3n) is 4.83. The number of benzene rings is 1. The van der Waals surface area contributed by atoms with E-state index in [-0.39, 0.29) is 17.0 Å². The molecule has 1 aromatic rings. The molecule has 0 radical (unpaired) electrons. The lowest BCUT2D eigenvalue weighted by atomic mass is 10.1. The zero-order valence-corrected chi connectivity index (χ0v) is 18.6. The number of ether oxygens (including phenoxy) is 1. The first-order valence-corrected chi connectivity index (χ1v) is 10.1. The van der Waals surface area contributed by atoms with Crippen LogP contribution < -0.4 is 4.74 Å². The van der Waals surface area contributed by atoms with Crippen LogP contribution in [-0.2, 0) is 0 Å². The summed E-state index contributed by atoms with van der Waals surface area (Å²) in [4.78, 5) is 0. The van der Waals surface area contributed by atoms with Crippen LogP contribution in [0.3, 0.4) is 0 Å². The van der Waals surface area contributed by atoms with Gasteiger partial charge in [0.05, 0.1) is 20.6 Å². The summed E-state index contributed by atoms with van der Waals surface area (Å²) in [6.45, 7) is 5.42. The first kappa shape index (κ1) is 24.5. The van der Waals surface area contributed by atoms with Crippen LogP contribution in [0.2, 0.25) is 0 Å². The van der Waals surface area contributed by atoms with Crippen molar-refractivity contribution in [1.82, 2.24) is 0 Å². The van der Waals surface area contributed by atoms with Crippen LogP contribution in [0.4, 0.5) is 0 Å². The predicted molar refractivity (Wildman–Crippen MR) is 116 cm³/mol. The molecule has 0 aliphatic carbocycles. The second kappa shape index (κ2) is 15.7. The minimum atomic E-state index is 0. The number of halogens is 1. The molecule has 0 fully saturated rings. The average Bonchev–Trinajstić information content (AvgIpc) is 2.57. The van der Waals surface area contributed by atoms with Crippen molar-refractivity contribution in [2.75, 3.05) is 33.8 Å². The molecule has 25 heavy (non-hydrogen) atoms. The van der Waals surface area contributed by atoms with Crippen molar-refractivity contribution in [2.24, 2.45) is 0 Å². The Labute approximate surface area is 167 Å². The summed E-state index contributed by atoms with van der Waals surface area (Å²) in [6, 6.07) is 10.1. The van der Waals surface area contributed by atoms with Gasteiger partial charge in [-0.25, -0.2) is 0 Å². The Balaban J connectivity index is 0.00000576. The molecule has 0 aliphatic heterocycles. The van der Waals surface area contributed by atoms with E-state index in [1.54, 1.807) is 0 Å². The number of hydrogen-bond acceptors (Lipinski definition) is 1. The van der Waals surface area contributed by atoms with Gasteiger partial charge in [0.15, 0.2) is 0 Å². The molecule has 1 rings (SSSR count). The van der Waals surface area contributed by atoms with Gasteiger partial charge in [0.1, 0.15) is 18.9 Å². The van der Waals surface area contributed by atoms with E-state index in [4.69, 9.17) is 4.74 Å². The predicted octanol–water partition coefficient (Wildman–Crippen LogP) is 6.64. The van der Waals surface area contributed by atoms with Crippen LogP contribution in [-0.4, -0.2) is 38.3 Å². The van der Waals surface area contributed by atoms with E-state index in [1.807, 2.05) is 30.3 Å². The Morgan fingerprint density at radius 2 is 1.24 bits per heavy atom. The van der Waals surface area contributed by atoms with Gasteiger partial charge in [0.2, 0.25) is 0 Å². The highest BCUT2D eigenvalue weighted by molar-refractivity contribution is 8.93. The lowest BCUT2D eigenvalue weighted by molar-refractivity contribution is -0.890. The Bertz CT molecular complexity index is 394. The zero-order chi connectivity index (χ0) is 17.5. The maximum Gasteiger partial charge on any atom is 0.137 e. The molecular formula is C22H41BrNO+. The number of likely N-dealkylation sites (N-methyl/N-ethyl adjacent to an activating group) is 1. The number of unbranched alkanes of at least 4 members (excludes halogenated alkanes) is 9. The van der Waals surface area contributed by atoms with Crippen molar-refractivity contribution in [1.29, 1.82) is 0 Å². The van der Waals surface area contributed by atoms with Gasteiger partial charge in [-0.05, 0) is 25.0 Å². The molecule has 0 aromatic heterocycles. The van der Waals surface area contributed by atoms with Crippen LogP contribution in [0.5, 0.6) is 5.75 Å². The Morgan fingerprint density at radius 1 is 0.720 bits per heavy atom. The summed E-state index contributed by atoms with van der Waals surface area (Å²) in [5.41, 5.74) is 0. The Morgan fingerprint density at radius 3 is 1.80 bits per heavy atom. The van der Waals surface area contributed by atoms with Gasteiger partial charge in [0, 0.05) is 0 Å². The molecule has 3 heteroatoms. The summed E-state index contributed by atoms with van der Waals surface area (Å²) in [6.07, 6.45) is 14.1. The van der Waals surface area contributed by atoms with Crippen molar-refractivity contribution in [3.05, 3.63) is 30.3 Å². The summed E-state index contributed by atoms with van der Waals surface area (Å²) < 4.78 is 6.89. The molecular weight excluding hydrogens is 374 g/mol. The number of nitrogens with zero attached hydrogens (tertiary/aromatic N) is 1. The first-order valence-electron chi connectivity index (χ1n) is 10.1. The smallest absolute Gasteiger partial charge is 0.137 e. The van der Waals surface area contributed by atoms with Crippen molar-refractivity contribution >= 4 is 17.0 Å². The lowest BCUT2D eigenvalue weighted by Crippen LogP contribution is -2.43. The van der Waals surface area contributed by atoms with Crippen LogP contribution in [0.15, 0.2) is 30.3 Å². The van der Waals surface area contributed by atoms with Crippen LogP contribution in [0, 0.1) is 0 Å². The number of rotatable bonds is 15. The standard InChI is InChI=1S/C22H40NO.BrH/c1-4-5-6-7-8-9-10-11-12-16-19-23(2,3)20-21-24-22-17-14-13-15-18-22;/h13-15,17-18H,4-12,16,19-21H2,1-3H3;1H/q+1;. The van der Waals surface area contributed by atoms with Gasteiger partial charge in [0.25, 0.3) is 0 Å². The van der Waals surface area contributed by atoms with Crippen molar-refractivity contribution in [2.45, 2.75) is 71.1 Å². The van der Waals surface area contributed by atoms with E-state index in [0.29, 0.717) is 0 Å². The fourth-order valence-corrected chi connectivity index (χ4v) is 3.07. The topological polar surface area (TPSA) is 9.23 Å². The quantitative estimate of drug-likeness (QED) is 0.230. The van der Waals surface area contributed by atoms with Crippen molar-refractivity contribution < 1.29 is 9.22 Å². The monoisotopic (exact) mass is 414 g/mol. The first-order chi connectivity index (χ1) is 11.6. The molecule has 0 spiro atoms. The molecule has 0 aliphatic rings. The maximum absolute atomic E-state index is 5.83. The molecule has 2 nitrogen and oxygen atoms in total. The highest BCUT2D eigenvalue weighted by atomic mass is 79.9. The fraction of sp³-hybridized carbons (Fsp3) is 0.727. The Hall–Kier alpha value is -0.540. The molecule has 0 saturated heterocycles. The molecule has 146 valence electrons. The third-order valence-corrected chi connectivity index (χ3v) is 4.83. The largest absolute Gasteiger partial charge is 0.488 e. The molecule has 0 atom stereocenters. The van der Waals surface area contributed by atoms with E-state index in [9.17, 15) is 0 Å². The molecule has 0 amide bonds. The van der Waals surface area contributed by atoms with Crippen molar-refractivity contribution in [3.63, 3.8) is 0 Å². The summed E-state index contributed by atoms with van der Waals surface area (Å²) >= 11 is 0. The summed E-state index contributed by atoms with van der Waals surface area (Å²) in [5.74, 6) is 0.983. The number of quaternary nitrogens is 1. The summed E-state index contributed by atoms with van der Waals surface area (Å²) in [7, 11) is 4.64. The van der Waals surface area contributed by atoms with Crippen LogP contribution in [0.25, 0.3) is 0 Å². The summed E-state index contributed by atoms with van der Waals surface area (Å²) in [5, 5.41) is 0. The molecule has 0 heterocycles. The van der Waals surface area contributed by atoms with Gasteiger partial charge in [-0.1, -0.05) is 76.5 Å². The van der Waals surface area contributed by atoms with Gasteiger partial charge in [-0.15, -0.1) is 17.0 Å². The minimum Gasteiger partial charge on any atom is -0.488 e. The minimum absolute atomic E-state index is 0. The average molecular weight is 415 g/mol. The highest BCUT2D eigenvalue weighted by Gasteiger charge is 2.14. The van der Waals surface area contributed by atoms with Crippen LogP contribution in [0.1, 0.15) is 71.1 Å². The SMILES string of the molecule is Br.CCCCCCCCCCCC[N+](C)(C)CCOc1ccccc1. The second-order valence-corrected chi connectivity index (χ2v) is 7.73. The van der Waals surface area contributed by atoms with Gasteiger partial charge >= 0.3 is 0 Å². The Kier molecular flexibility index (Phi) is 15.4. The van der Waals surface area contributed by atoms with Gasteiger partial charge < -0.3 is 9.22 Å². The number of hydrogen-bond donors (Lipinski definition) is 0. The molecule has 0 saturated carbocycles. The van der Waals surface area contributed by atoms with E-state index in [0.717, 1.165) is 23.4 Å². The van der Waals surface area contributed by atoms with Gasteiger partial charge in [-0.2, -0.15) is 0 Å². The fourth-order valence-electron chi connectivity index (χ4n) is 3.07. The van der Waals surface area contributed by atoms with E-state index >= 15 is 0 Å². The maximum atomic E-state index is 5.83.